The average Bonchev–Trinajstić information content (AvgIpc) is 2.64. The van der Waals surface area contributed by atoms with Crippen LogP contribution >= 0.6 is 0 Å². The zero-order valence-corrected chi connectivity index (χ0v) is 10.3. The molecule has 3 heteroatoms. The van der Waals surface area contributed by atoms with Crippen molar-refractivity contribution in [1.82, 2.24) is 9.78 Å². The van der Waals surface area contributed by atoms with Gasteiger partial charge in [-0.05, 0) is 37.2 Å². The molecule has 1 aromatic rings. The molecular weight excluding hydrogens is 200 g/mol. The highest BCUT2D eigenvalue weighted by molar-refractivity contribution is 5.08. The first kappa shape index (κ1) is 11.6. The van der Waals surface area contributed by atoms with Crippen molar-refractivity contribution in [2.75, 3.05) is 0 Å². The highest BCUT2D eigenvalue weighted by Crippen LogP contribution is 2.35. The van der Waals surface area contributed by atoms with Crippen LogP contribution in [-0.4, -0.2) is 20.5 Å². The quantitative estimate of drug-likeness (QED) is 0.852. The minimum atomic E-state index is -0.477. The van der Waals surface area contributed by atoms with Gasteiger partial charge in [-0.25, -0.2) is 0 Å². The second-order valence-electron chi connectivity index (χ2n) is 5.27. The summed E-state index contributed by atoms with van der Waals surface area (Å²) in [5.41, 5.74) is 0.675. The van der Waals surface area contributed by atoms with Crippen molar-refractivity contribution in [2.24, 2.45) is 13.0 Å². The summed E-state index contributed by atoms with van der Waals surface area (Å²) in [6.07, 6.45) is 10.1. The minimum Gasteiger partial charge on any atom is -0.390 e. The summed E-state index contributed by atoms with van der Waals surface area (Å²) in [5.74, 6) is 0.828. The van der Waals surface area contributed by atoms with E-state index in [0.717, 1.165) is 30.7 Å². The monoisotopic (exact) mass is 222 g/mol. The first-order chi connectivity index (χ1) is 7.61. The van der Waals surface area contributed by atoms with Gasteiger partial charge in [-0.2, -0.15) is 5.10 Å². The molecular formula is C13H22N2O. The molecule has 0 bridgehead atoms. The Morgan fingerprint density at radius 3 is 2.69 bits per heavy atom. The maximum absolute atomic E-state index is 10.5. The summed E-state index contributed by atoms with van der Waals surface area (Å²) in [7, 11) is 1.92. The second-order valence-corrected chi connectivity index (χ2v) is 5.27. The Morgan fingerprint density at radius 2 is 2.19 bits per heavy atom. The SMILES string of the molecule is CCC1CCC(O)(Cc2cnn(C)c2)CC1. The molecule has 0 unspecified atom stereocenters. The summed E-state index contributed by atoms with van der Waals surface area (Å²) in [6, 6.07) is 0. The third-order valence-corrected chi connectivity index (χ3v) is 3.90. The third kappa shape index (κ3) is 2.64. The van der Waals surface area contributed by atoms with Gasteiger partial charge in [-0.1, -0.05) is 13.3 Å². The molecule has 1 aliphatic carbocycles. The second kappa shape index (κ2) is 4.58. The lowest BCUT2D eigenvalue weighted by Gasteiger charge is -2.35. The fraction of sp³-hybridized carbons (Fsp3) is 0.769. The van der Waals surface area contributed by atoms with Gasteiger partial charge in [0.2, 0.25) is 0 Å². The van der Waals surface area contributed by atoms with Crippen LogP contribution < -0.4 is 0 Å². The van der Waals surface area contributed by atoms with E-state index in [1.54, 1.807) is 4.68 Å². The number of rotatable bonds is 3. The molecule has 0 aliphatic heterocycles. The van der Waals surface area contributed by atoms with Gasteiger partial charge in [0.1, 0.15) is 0 Å². The van der Waals surface area contributed by atoms with Crippen LogP contribution in [0.2, 0.25) is 0 Å². The van der Waals surface area contributed by atoms with Crippen LogP contribution in [-0.2, 0) is 13.5 Å². The first-order valence-electron chi connectivity index (χ1n) is 6.31. The fourth-order valence-corrected chi connectivity index (χ4v) is 2.74. The lowest BCUT2D eigenvalue weighted by atomic mass is 9.75. The average molecular weight is 222 g/mol. The molecule has 3 nitrogen and oxygen atoms in total. The molecule has 90 valence electrons. The van der Waals surface area contributed by atoms with Crippen molar-refractivity contribution in [3.05, 3.63) is 18.0 Å². The van der Waals surface area contributed by atoms with Crippen LogP contribution in [0.5, 0.6) is 0 Å². The number of hydrogen-bond acceptors (Lipinski definition) is 2. The molecule has 0 radical (unpaired) electrons. The fourth-order valence-electron chi connectivity index (χ4n) is 2.74. The summed E-state index contributed by atoms with van der Waals surface area (Å²) in [6.45, 7) is 2.25. The van der Waals surface area contributed by atoms with Crippen molar-refractivity contribution in [3.8, 4) is 0 Å². The van der Waals surface area contributed by atoms with Crippen molar-refractivity contribution >= 4 is 0 Å². The molecule has 0 atom stereocenters. The predicted molar refractivity (Wildman–Crippen MR) is 64.1 cm³/mol. The Hall–Kier alpha value is -0.830. The number of aryl methyl sites for hydroxylation is 1. The van der Waals surface area contributed by atoms with Gasteiger partial charge in [0.25, 0.3) is 0 Å². The normalized spacial score (nSPS) is 30.6. The number of hydrogen-bond donors (Lipinski definition) is 1. The Morgan fingerprint density at radius 1 is 1.50 bits per heavy atom. The van der Waals surface area contributed by atoms with E-state index in [9.17, 15) is 5.11 Å². The summed E-state index contributed by atoms with van der Waals surface area (Å²) >= 11 is 0. The van der Waals surface area contributed by atoms with Gasteiger partial charge >= 0.3 is 0 Å². The van der Waals surface area contributed by atoms with Gasteiger partial charge in [0.15, 0.2) is 0 Å². The topological polar surface area (TPSA) is 38.1 Å². The van der Waals surface area contributed by atoms with E-state index in [0.29, 0.717) is 0 Å². The zero-order valence-electron chi connectivity index (χ0n) is 10.3. The lowest BCUT2D eigenvalue weighted by molar-refractivity contribution is -0.00922. The molecule has 16 heavy (non-hydrogen) atoms. The van der Waals surface area contributed by atoms with E-state index in [2.05, 4.69) is 12.0 Å². The minimum absolute atomic E-state index is 0.477. The summed E-state index contributed by atoms with van der Waals surface area (Å²) < 4.78 is 1.80. The number of aliphatic hydroxyl groups is 1. The molecule has 1 aliphatic rings. The van der Waals surface area contributed by atoms with Crippen molar-refractivity contribution < 1.29 is 5.11 Å². The maximum Gasteiger partial charge on any atom is 0.0689 e. The van der Waals surface area contributed by atoms with E-state index in [-0.39, 0.29) is 0 Å². The number of aromatic nitrogens is 2. The van der Waals surface area contributed by atoms with E-state index in [4.69, 9.17) is 0 Å². The van der Waals surface area contributed by atoms with Gasteiger partial charge in [-0.3, -0.25) is 4.68 Å². The molecule has 2 rings (SSSR count). The molecule has 1 heterocycles. The van der Waals surface area contributed by atoms with Gasteiger partial charge in [0.05, 0.1) is 11.8 Å². The van der Waals surface area contributed by atoms with Crippen molar-refractivity contribution in [3.63, 3.8) is 0 Å². The molecule has 1 saturated carbocycles. The van der Waals surface area contributed by atoms with Gasteiger partial charge in [-0.15, -0.1) is 0 Å². The molecule has 0 saturated heterocycles. The van der Waals surface area contributed by atoms with Crippen molar-refractivity contribution in [2.45, 2.75) is 51.0 Å². The van der Waals surface area contributed by atoms with Crippen LogP contribution in [0.25, 0.3) is 0 Å². The van der Waals surface area contributed by atoms with Crippen LogP contribution in [0.4, 0.5) is 0 Å². The van der Waals surface area contributed by atoms with Crippen LogP contribution in [0.1, 0.15) is 44.6 Å². The lowest BCUT2D eigenvalue weighted by Crippen LogP contribution is -2.36. The zero-order chi connectivity index (χ0) is 11.6. The van der Waals surface area contributed by atoms with E-state index in [1.807, 2.05) is 19.4 Å². The molecule has 1 N–H and O–H groups in total. The van der Waals surface area contributed by atoms with Gasteiger partial charge in [0, 0.05) is 19.7 Å². The van der Waals surface area contributed by atoms with E-state index in [1.165, 1.54) is 19.3 Å². The summed E-state index contributed by atoms with van der Waals surface area (Å²) in [5, 5.41) is 14.7. The molecule has 1 aromatic heterocycles. The Balaban J connectivity index is 1.94. The standard InChI is InChI=1S/C13H22N2O/c1-3-11-4-6-13(16,7-5-11)8-12-9-14-15(2)10-12/h9-11,16H,3-8H2,1-2H3. The Kier molecular flexibility index (Phi) is 3.33. The largest absolute Gasteiger partial charge is 0.390 e. The van der Waals surface area contributed by atoms with E-state index >= 15 is 0 Å². The van der Waals surface area contributed by atoms with E-state index < -0.39 is 5.60 Å². The highest BCUT2D eigenvalue weighted by atomic mass is 16.3. The Bertz CT molecular complexity index is 337. The summed E-state index contributed by atoms with van der Waals surface area (Å²) in [4.78, 5) is 0. The van der Waals surface area contributed by atoms with Crippen LogP contribution in [0.15, 0.2) is 12.4 Å². The maximum atomic E-state index is 10.5. The molecule has 0 amide bonds. The predicted octanol–water partition coefficient (Wildman–Crippen LogP) is 2.29. The van der Waals surface area contributed by atoms with Crippen LogP contribution in [0, 0.1) is 5.92 Å². The van der Waals surface area contributed by atoms with Crippen molar-refractivity contribution in [1.29, 1.82) is 0 Å². The third-order valence-electron chi connectivity index (χ3n) is 3.90. The molecule has 0 aromatic carbocycles. The van der Waals surface area contributed by atoms with Crippen LogP contribution in [0.3, 0.4) is 0 Å². The highest BCUT2D eigenvalue weighted by Gasteiger charge is 2.32. The number of nitrogens with zero attached hydrogens (tertiary/aromatic N) is 2. The Labute approximate surface area is 97.5 Å². The molecule has 1 fully saturated rings. The molecule has 0 spiro atoms. The van der Waals surface area contributed by atoms with Gasteiger partial charge < -0.3 is 5.11 Å². The first-order valence-corrected chi connectivity index (χ1v) is 6.31. The smallest absolute Gasteiger partial charge is 0.0689 e.